The molecular formula is C11H18ClNO2. The Bertz CT molecular complexity index is 247. The van der Waals surface area contributed by atoms with Gasteiger partial charge in [-0.25, -0.2) is 0 Å². The SMILES string of the molecule is CCC1OCCC1C(=O)N1CCC(Cl)C1. The van der Waals surface area contributed by atoms with Gasteiger partial charge in [0.25, 0.3) is 0 Å². The highest BCUT2D eigenvalue weighted by molar-refractivity contribution is 6.21. The van der Waals surface area contributed by atoms with Crippen LogP contribution in [-0.4, -0.2) is 42.0 Å². The van der Waals surface area contributed by atoms with Gasteiger partial charge in [-0.2, -0.15) is 0 Å². The number of amides is 1. The van der Waals surface area contributed by atoms with E-state index in [2.05, 4.69) is 6.92 Å². The van der Waals surface area contributed by atoms with Gasteiger partial charge in [0.2, 0.25) is 5.91 Å². The number of likely N-dealkylation sites (tertiary alicyclic amines) is 1. The van der Waals surface area contributed by atoms with E-state index >= 15 is 0 Å². The molecular weight excluding hydrogens is 214 g/mol. The second-order valence-electron chi connectivity index (χ2n) is 4.38. The maximum atomic E-state index is 12.1. The molecule has 2 saturated heterocycles. The maximum absolute atomic E-state index is 12.1. The summed E-state index contributed by atoms with van der Waals surface area (Å²) in [5.74, 6) is 0.333. The van der Waals surface area contributed by atoms with E-state index in [9.17, 15) is 4.79 Å². The predicted molar refractivity (Wildman–Crippen MR) is 59.0 cm³/mol. The maximum Gasteiger partial charge on any atom is 0.228 e. The summed E-state index contributed by atoms with van der Waals surface area (Å²) in [5, 5.41) is 0.149. The first-order chi connectivity index (χ1) is 7.22. The van der Waals surface area contributed by atoms with Gasteiger partial charge in [0.05, 0.1) is 17.4 Å². The molecule has 4 heteroatoms. The molecule has 0 radical (unpaired) electrons. The average molecular weight is 232 g/mol. The van der Waals surface area contributed by atoms with Crippen LogP contribution < -0.4 is 0 Å². The molecule has 0 N–H and O–H groups in total. The number of carbonyl (C=O) groups is 1. The predicted octanol–water partition coefficient (Wildman–Crippen LogP) is 1.64. The smallest absolute Gasteiger partial charge is 0.228 e. The van der Waals surface area contributed by atoms with E-state index in [1.165, 1.54) is 0 Å². The van der Waals surface area contributed by atoms with Gasteiger partial charge >= 0.3 is 0 Å². The second-order valence-corrected chi connectivity index (χ2v) is 5.00. The molecule has 0 bridgehead atoms. The Morgan fingerprint density at radius 3 is 2.93 bits per heavy atom. The summed E-state index contributed by atoms with van der Waals surface area (Å²) in [6.45, 7) is 4.34. The molecule has 2 heterocycles. The van der Waals surface area contributed by atoms with E-state index in [4.69, 9.17) is 16.3 Å². The molecule has 2 aliphatic rings. The normalized spacial score (nSPS) is 36.1. The topological polar surface area (TPSA) is 29.5 Å². The lowest BCUT2D eigenvalue weighted by atomic mass is 9.98. The lowest BCUT2D eigenvalue weighted by molar-refractivity contribution is -0.136. The standard InChI is InChI=1S/C11H18ClNO2/c1-2-10-9(4-6-15-10)11(14)13-5-3-8(12)7-13/h8-10H,2-7H2,1H3. The minimum Gasteiger partial charge on any atom is -0.377 e. The monoisotopic (exact) mass is 231 g/mol. The third-order valence-electron chi connectivity index (χ3n) is 3.37. The third kappa shape index (κ3) is 2.28. The fourth-order valence-electron chi connectivity index (χ4n) is 2.49. The van der Waals surface area contributed by atoms with Crippen molar-refractivity contribution in [3.8, 4) is 0 Å². The zero-order valence-electron chi connectivity index (χ0n) is 9.12. The van der Waals surface area contributed by atoms with Crippen LogP contribution in [0.3, 0.4) is 0 Å². The fourth-order valence-corrected chi connectivity index (χ4v) is 2.75. The summed E-state index contributed by atoms with van der Waals surface area (Å²) in [6, 6.07) is 0. The van der Waals surface area contributed by atoms with Crippen molar-refractivity contribution in [3.63, 3.8) is 0 Å². The number of hydrogen-bond donors (Lipinski definition) is 0. The first-order valence-corrected chi connectivity index (χ1v) is 6.20. The van der Waals surface area contributed by atoms with Crippen LogP contribution in [0.25, 0.3) is 0 Å². The Kier molecular flexibility index (Phi) is 3.52. The molecule has 2 fully saturated rings. The minimum absolute atomic E-state index is 0.0805. The average Bonchev–Trinajstić information content (AvgIpc) is 2.84. The number of carbonyl (C=O) groups excluding carboxylic acids is 1. The molecule has 3 nitrogen and oxygen atoms in total. The van der Waals surface area contributed by atoms with Gasteiger partial charge in [-0.05, 0) is 19.3 Å². The Hall–Kier alpha value is -0.280. The van der Waals surface area contributed by atoms with Gasteiger partial charge in [-0.3, -0.25) is 4.79 Å². The van der Waals surface area contributed by atoms with Crippen LogP contribution in [0.2, 0.25) is 0 Å². The Morgan fingerprint density at radius 2 is 2.33 bits per heavy atom. The molecule has 1 amide bonds. The highest BCUT2D eigenvalue weighted by Gasteiger charge is 2.37. The summed E-state index contributed by atoms with van der Waals surface area (Å²) < 4.78 is 5.54. The molecule has 15 heavy (non-hydrogen) atoms. The van der Waals surface area contributed by atoms with Crippen molar-refractivity contribution in [1.82, 2.24) is 4.90 Å². The molecule has 3 unspecified atom stereocenters. The second kappa shape index (κ2) is 4.71. The first-order valence-electron chi connectivity index (χ1n) is 5.76. The van der Waals surface area contributed by atoms with Gasteiger partial charge in [0.15, 0.2) is 0 Å². The van der Waals surface area contributed by atoms with Crippen LogP contribution in [0.1, 0.15) is 26.2 Å². The Balaban J connectivity index is 1.95. The van der Waals surface area contributed by atoms with Crippen molar-refractivity contribution in [3.05, 3.63) is 0 Å². The lowest BCUT2D eigenvalue weighted by Gasteiger charge is -2.22. The van der Waals surface area contributed by atoms with E-state index in [0.29, 0.717) is 6.54 Å². The molecule has 0 aliphatic carbocycles. The third-order valence-corrected chi connectivity index (χ3v) is 3.73. The van der Waals surface area contributed by atoms with Crippen LogP contribution in [0.15, 0.2) is 0 Å². The van der Waals surface area contributed by atoms with E-state index in [1.807, 2.05) is 4.90 Å². The van der Waals surface area contributed by atoms with Gasteiger partial charge < -0.3 is 9.64 Å². The van der Waals surface area contributed by atoms with Crippen LogP contribution in [-0.2, 0) is 9.53 Å². The quantitative estimate of drug-likeness (QED) is 0.677. The Labute approximate surface area is 95.7 Å². The zero-order valence-corrected chi connectivity index (χ0v) is 9.87. The van der Waals surface area contributed by atoms with Crippen molar-refractivity contribution in [2.24, 2.45) is 5.92 Å². The molecule has 3 atom stereocenters. The van der Waals surface area contributed by atoms with Gasteiger partial charge in [-0.15, -0.1) is 11.6 Å². The fraction of sp³-hybridized carbons (Fsp3) is 0.909. The summed E-state index contributed by atoms with van der Waals surface area (Å²) in [4.78, 5) is 14.1. The van der Waals surface area contributed by atoms with Crippen molar-refractivity contribution >= 4 is 17.5 Å². The van der Waals surface area contributed by atoms with Gasteiger partial charge in [0.1, 0.15) is 0 Å². The van der Waals surface area contributed by atoms with Crippen molar-refractivity contribution in [2.45, 2.75) is 37.7 Å². The molecule has 2 rings (SSSR count). The van der Waals surface area contributed by atoms with Crippen LogP contribution in [0.4, 0.5) is 0 Å². The van der Waals surface area contributed by atoms with Gasteiger partial charge in [-0.1, -0.05) is 6.92 Å². The van der Waals surface area contributed by atoms with Gasteiger partial charge in [0, 0.05) is 19.7 Å². The number of nitrogens with zero attached hydrogens (tertiary/aromatic N) is 1. The molecule has 86 valence electrons. The van der Waals surface area contributed by atoms with Crippen molar-refractivity contribution in [1.29, 1.82) is 0 Å². The van der Waals surface area contributed by atoms with Crippen LogP contribution in [0.5, 0.6) is 0 Å². The van der Waals surface area contributed by atoms with E-state index in [-0.39, 0.29) is 23.3 Å². The first kappa shape index (κ1) is 11.2. The molecule has 0 spiro atoms. The van der Waals surface area contributed by atoms with Crippen molar-refractivity contribution < 1.29 is 9.53 Å². The molecule has 0 aromatic rings. The zero-order chi connectivity index (χ0) is 10.8. The van der Waals surface area contributed by atoms with E-state index in [1.54, 1.807) is 0 Å². The summed E-state index contributed by atoms with van der Waals surface area (Å²) in [5.41, 5.74) is 0. The highest BCUT2D eigenvalue weighted by atomic mass is 35.5. The van der Waals surface area contributed by atoms with Crippen LogP contribution >= 0.6 is 11.6 Å². The number of alkyl halides is 1. The minimum atomic E-state index is 0.0805. The number of rotatable bonds is 2. The number of halogens is 1. The molecule has 0 aromatic carbocycles. The van der Waals surface area contributed by atoms with E-state index < -0.39 is 0 Å². The largest absolute Gasteiger partial charge is 0.377 e. The molecule has 0 saturated carbocycles. The Morgan fingerprint density at radius 1 is 1.53 bits per heavy atom. The van der Waals surface area contributed by atoms with Crippen molar-refractivity contribution in [2.75, 3.05) is 19.7 Å². The number of ether oxygens (including phenoxy) is 1. The number of hydrogen-bond acceptors (Lipinski definition) is 2. The summed E-state index contributed by atoms with van der Waals surface area (Å²) in [7, 11) is 0. The van der Waals surface area contributed by atoms with E-state index in [0.717, 1.165) is 32.4 Å². The summed E-state index contributed by atoms with van der Waals surface area (Å²) in [6.07, 6.45) is 2.86. The lowest BCUT2D eigenvalue weighted by Crippen LogP contribution is -2.37. The summed E-state index contributed by atoms with van der Waals surface area (Å²) >= 11 is 6.00. The molecule has 0 aromatic heterocycles. The van der Waals surface area contributed by atoms with Crippen LogP contribution in [0, 0.1) is 5.92 Å². The molecule has 2 aliphatic heterocycles. The highest BCUT2D eigenvalue weighted by Crippen LogP contribution is 2.27.